The number of carbonyl (C=O) groups is 4. The Morgan fingerprint density at radius 1 is 1.13 bits per heavy atom. The maximum atomic E-state index is 15.3. The molecule has 2 heterocycles. The highest BCUT2D eigenvalue weighted by molar-refractivity contribution is 6.31. The average molecular weight is 783 g/mol. The van der Waals surface area contributed by atoms with E-state index in [2.05, 4.69) is 17.2 Å². The van der Waals surface area contributed by atoms with Gasteiger partial charge in [0.25, 0.3) is 5.92 Å². The van der Waals surface area contributed by atoms with Crippen molar-refractivity contribution >= 4 is 41.0 Å². The first-order valence-corrected chi connectivity index (χ1v) is 20.0. The van der Waals surface area contributed by atoms with Crippen LogP contribution in [0.25, 0.3) is 0 Å². The zero-order valence-corrected chi connectivity index (χ0v) is 32.2. The number of carbonyl (C=O) groups excluding carboxylic acids is 4. The van der Waals surface area contributed by atoms with Gasteiger partial charge in [-0.15, -0.1) is 0 Å². The molecule has 0 spiro atoms. The highest BCUT2D eigenvalue weighted by Crippen LogP contribution is 2.58. The molecule has 9 nitrogen and oxygen atoms in total. The molecule has 7 rings (SSSR count). The zero-order chi connectivity index (χ0) is 39.2. The predicted octanol–water partition coefficient (Wildman–Crippen LogP) is 7.92. The van der Waals surface area contributed by atoms with Crippen molar-refractivity contribution in [1.29, 1.82) is 0 Å². The quantitative estimate of drug-likeness (QED) is 0.168. The Labute approximate surface area is 325 Å². The van der Waals surface area contributed by atoms with Crippen LogP contribution in [0.2, 0.25) is 5.02 Å². The fourth-order valence-electron chi connectivity index (χ4n) is 8.50. The normalized spacial score (nSPS) is 24.5. The van der Waals surface area contributed by atoms with Gasteiger partial charge in [-0.2, -0.15) is 8.78 Å². The van der Waals surface area contributed by atoms with Gasteiger partial charge < -0.3 is 20.3 Å². The van der Waals surface area contributed by atoms with Gasteiger partial charge in [-0.1, -0.05) is 63.4 Å². The van der Waals surface area contributed by atoms with E-state index >= 15 is 4.39 Å². The van der Waals surface area contributed by atoms with E-state index in [1.165, 1.54) is 22.6 Å². The summed E-state index contributed by atoms with van der Waals surface area (Å²) in [6.45, 7) is 6.90. The number of ether oxygens (including phenoxy) is 1. The van der Waals surface area contributed by atoms with Gasteiger partial charge in [0.05, 0.1) is 19.6 Å². The number of ketones is 1. The lowest BCUT2D eigenvalue weighted by Gasteiger charge is -2.27. The first-order chi connectivity index (χ1) is 26.2. The minimum Gasteiger partial charge on any atom is -0.444 e. The second kappa shape index (κ2) is 15.5. The molecule has 2 aromatic carbocycles. The average Bonchev–Trinajstić information content (AvgIpc) is 4.09. The second-order valence-electron chi connectivity index (χ2n) is 16.7. The van der Waals surface area contributed by atoms with Crippen LogP contribution in [0.15, 0.2) is 43.0 Å². The number of hydrogen-bond acceptors (Lipinski definition) is 6. The summed E-state index contributed by atoms with van der Waals surface area (Å²) in [4.78, 5) is 58.3. The molecule has 5 aliphatic rings. The number of rotatable bonds is 16. The summed E-state index contributed by atoms with van der Waals surface area (Å²) < 4.78 is 50.6. The van der Waals surface area contributed by atoms with E-state index in [0.29, 0.717) is 42.3 Å². The number of benzene rings is 2. The number of allylic oxidation sites excluding steroid dienone is 1. The first kappa shape index (κ1) is 39.2. The third-order valence-corrected chi connectivity index (χ3v) is 12.3. The van der Waals surface area contributed by atoms with Crippen LogP contribution in [-0.4, -0.2) is 64.3 Å². The van der Waals surface area contributed by atoms with Crippen LogP contribution < -0.4 is 10.6 Å². The van der Waals surface area contributed by atoms with Crippen LogP contribution in [0.5, 0.6) is 0 Å². The number of nitrogens with zero attached hydrogens (tertiary/aromatic N) is 2. The maximum absolute atomic E-state index is 15.3. The molecule has 0 aromatic heterocycles. The van der Waals surface area contributed by atoms with Crippen molar-refractivity contribution in [2.75, 3.05) is 18.4 Å². The van der Waals surface area contributed by atoms with E-state index in [1.54, 1.807) is 6.07 Å². The van der Waals surface area contributed by atoms with Gasteiger partial charge in [-0.25, -0.2) is 9.18 Å². The van der Waals surface area contributed by atoms with E-state index in [0.717, 1.165) is 48.9 Å². The molecule has 3 amide bonds. The molecule has 3 aliphatic carbocycles. The second-order valence-corrected chi connectivity index (χ2v) is 17.1. The molecule has 2 aliphatic heterocycles. The minimum absolute atomic E-state index is 0.000820. The molecule has 55 heavy (non-hydrogen) atoms. The zero-order valence-electron chi connectivity index (χ0n) is 31.5. The SMILES string of the molecule is C=CC(F)(F)c1cc(F)c(CC(C)C)c(NCC(=O)N2CC(OC(=O)N3Cc4cccc(Cl)c4C3)CC2C(=O)NC2(C(=O)CCCC3CC3)CC2C2CC2)c1. The molecule has 2 aromatic rings. The number of alkyl halides is 2. The predicted molar refractivity (Wildman–Crippen MR) is 202 cm³/mol. The van der Waals surface area contributed by atoms with Gasteiger partial charge in [0.15, 0.2) is 5.78 Å². The lowest BCUT2D eigenvalue weighted by molar-refractivity contribution is -0.138. The molecule has 0 radical (unpaired) electrons. The molecular weight excluding hydrogens is 733 g/mol. The molecule has 2 N–H and O–H groups in total. The van der Waals surface area contributed by atoms with Crippen molar-refractivity contribution < 1.29 is 37.1 Å². The van der Waals surface area contributed by atoms with E-state index in [1.807, 2.05) is 26.0 Å². The molecule has 0 bridgehead atoms. The fraction of sp³-hybridized carbons (Fsp3) is 0.571. The summed E-state index contributed by atoms with van der Waals surface area (Å²) in [5, 5.41) is 6.53. The number of Topliss-reactive ketones (excluding diaryl/α,β-unsaturated/α-hetero) is 1. The fourth-order valence-corrected chi connectivity index (χ4v) is 8.75. The number of hydrogen-bond donors (Lipinski definition) is 2. The van der Waals surface area contributed by atoms with Crippen molar-refractivity contribution in [3.8, 4) is 0 Å². The topological polar surface area (TPSA) is 108 Å². The largest absolute Gasteiger partial charge is 0.444 e. The lowest BCUT2D eigenvalue weighted by atomic mass is 9.97. The number of halogens is 4. The van der Waals surface area contributed by atoms with Crippen LogP contribution >= 0.6 is 11.6 Å². The third-order valence-electron chi connectivity index (χ3n) is 12.0. The number of anilines is 1. The maximum Gasteiger partial charge on any atom is 0.410 e. The van der Waals surface area contributed by atoms with Crippen LogP contribution in [0.3, 0.4) is 0 Å². The van der Waals surface area contributed by atoms with Crippen LogP contribution in [0, 0.1) is 29.5 Å². The molecule has 4 fully saturated rings. The molecule has 296 valence electrons. The smallest absolute Gasteiger partial charge is 0.410 e. The highest BCUT2D eigenvalue weighted by atomic mass is 35.5. The van der Waals surface area contributed by atoms with Crippen molar-refractivity contribution in [2.45, 2.75) is 115 Å². The molecule has 13 heteroatoms. The van der Waals surface area contributed by atoms with E-state index in [4.69, 9.17) is 16.3 Å². The van der Waals surface area contributed by atoms with Crippen molar-refractivity contribution in [3.63, 3.8) is 0 Å². The minimum atomic E-state index is -3.51. The summed E-state index contributed by atoms with van der Waals surface area (Å²) in [7, 11) is 0. The summed E-state index contributed by atoms with van der Waals surface area (Å²) >= 11 is 6.37. The van der Waals surface area contributed by atoms with Crippen molar-refractivity contribution in [1.82, 2.24) is 15.1 Å². The summed E-state index contributed by atoms with van der Waals surface area (Å²) in [6.07, 6.45) is 6.36. The van der Waals surface area contributed by atoms with Gasteiger partial charge in [-0.3, -0.25) is 19.3 Å². The van der Waals surface area contributed by atoms with Crippen LogP contribution in [-0.2, 0) is 44.6 Å². The molecule has 3 saturated carbocycles. The summed E-state index contributed by atoms with van der Waals surface area (Å²) in [5.74, 6) is -4.28. The number of nitrogens with one attached hydrogen (secondary N) is 2. The summed E-state index contributed by atoms with van der Waals surface area (Å²) in [6, 6.07) is 6.30. The highest BCUT2D eigenvalue weighted by Gasteiger charge is 2.65. The summed E-state index contributed by atoms with van der Waals surface area (Å²) in [5.41, 5.74) is 0.348. The number of amides is 3. The van der Waals surface area contributed by atoms with E-state index in [9.17, 15) is 28.0 Å². The molecular formula is C42H50ClF3N4O5. The van der Waals surface area contributed by atoms with Crippen molar-refractivity contribution in [3.05, 3.63) is 76.1 Å². The monoisotopic (exact) mass is 782 g/mol. The molecule has 4 atom stereocenters. The number of likely N-dealkylation sites (tertiary alicyclic amines) is 1. The van der Waals surface area contributed by atoms with E-state index < -0.39 is 59.4 Å². The Balaban J connectivity index is 1.09. The Kier molecular flexibility index (Phi) is 11.0. The van der Waals surface area contributed by atoms with Gasteiger partial charge in [-0.05, 0) is 91.2 Å². The van der Waals surface area contributed by atoms with Gasteiger partial charge in [0, 0.05) is 41.2 Å². The van der Waals surface area contributed by atoms with Crippen LogP contribution in [0.1, 0.15) is 93.9 Å². The van der Waals surface area contributed by atoms with E-state index in [-0.39, 0.29) is 54.8 Å². The number of fused-ring (bicyclic) bond motifs is 1. The third kappa shape index (κ3) is 8.54. The lowest BCUT2D eigenvalue weighted by Crippen LogP contribution is -2.53. The van der Waals surface area contributed by atoms with Gasteiger partial charge >= 0.3 is 6.09 Å². The first-order valence-electron chi connectivity index (χ1n) is 19.6. The Hall–Kier alpha value is -4.06. The molecule has 4 unspecified atom stereocenters. The Morgan fingerprint density at radius 3 is 2.56 bits per heavy atom. The molecule has 1 saturated heterocycles. The van der Waals surface area contributed by atoms with Crippen LogP contribution in [0.4, 0.5) is 23.7 Å². The van der Waals surface area contributed by atoms with Crippen molar-refractivity contribution in [2.24, 2.45) is 23.7 Å². The van der Waals surface area contributed by atoms with Gasteiger partial charge in [0.1, 0.15) is 23.5 Å². The Bertz CT molecular complexity index is 1870. The van der Waals surface area contributed by atoms with Gasteiger partial charge in [0.2, 0.25) is 11.8 Å². The Morgan fingerprint density at radius 2 is 1.89 bits per heavy atom. The standard InChI is InChI=1S/C42H50ClF3N4O5/c1-4-42(45,46)28-16-34(44)30(15-24(2)3)35(17-28)47-20-38(52)50-22-29(55-40(54)49-21-27-8-6-9-33(43)31(27)23-49)18-36(50)39(53)48-41(19-32(41)26-13-14-26)37(51)10-5-7-25-11-12-25/h4,6,8-9,16-17,24-26,29,32,36,47H,1,5,7,10-15,18-23H2,2-3H3,(H,48,53).